The van der Waals surface area contributed by atoms with Crippen molar-refractivity contribution in [3.8, 4) is 0 Å². The number of hydrazine groups is 1. The Hall–Kier alpha value is -1.24. The number of hydrogen-bond donors (Lipinski definition) is 2. The Labute approximate surface area is 113 Å². The number of halogens is 2. The van der Waals surface area contributed by atoms with Gasteiger partial charge < -0.3 is 0 Å². The third-order valence-electron chi connectivity index (χ3n) is 2.75. The maximum Gasteiger partial charge on any atom is 0.129 e. The topological polar surface area (TPSA) is 55.9 Å². The fourth-order valence-electron chi connectivity index (χ4n) is 1.80. The van der Waals surface area contributed by atoms with E-state index in [2.05, 4.69) is 26.5 Å². The average Bonchev–Trinajstić information content (AvgIpc) is 2.81. The summed E-state index contributed by atoms with van der Waals surface area (Å²) in [7, 11) is 0. The number of benzene rings is 1. The lowest BCUT2D eigenvalue weighted by molar-refractivity contribution is 0.559. The van der Waals surface area contributed by atoms with E-state index in [1.54, 1.807) is 23.0 Å². The summed E-state index contributed by atoms with van der Waals surface area (Å²) in [5.41, 5.74) is 3.95. The zero-order chi connectivity index (χ0) is 13.1. The van der Waals surface area contributed by atoms with Crippen LogP contribution < -0.4 is 11.3 Å². The van der Waals surface area contributed by atoms with Crippen LogP contribution in [-0.2, 0) is 6.54 Å². The summed E-state index contributed by atoms with van der Waals surface area (Å²) in [4.78, 5) is 0. The SMILES string of the molecule is CCn1cc(C(NN)c2ccc(Br)cc2F)cn1. The van der Waals surface area contributed by atoms with Crippen LogP contribution in [0, 0.1) is 5.82 Å². The van der Waals surface area contributed by atoms with Crippen molar-refractivity contribution < 1.29 is 4.39 Å². The molecule has 0 aliphatic carbocycles. The van der Waals surface area contributed by atoms with E-state index in [1.807, 2.05) is 13.1 Å². The standard InChI is InChI=1S/C12H14BrFN4/c1-2-18-7-8(6-16-18)12(17-15)10-4-3-9(13)5-11(10)14/h3-7,12,17H,2,15H2,1H3. The zero-order valence-electron chi connectivity index (χ0n) is 9.90. The summed E-state index contributed by atoms with van der Waals surface area (Å²) < 4.78 is 16.4. The summed E-state index contributed by atoms with van der Waals surface area (Å²) in [6.07, 6.45) is 3.54. The van der Waals surface area contributed by atoms with Crippen molar-refractivity contribution in [1.29, 1.82) is 0 Å². The molecule has 0 aliphatic rings. The third-order valence-corrected chi connectivity index (χ3v) is 3.24. The molecule has 96 valence electrons. The van der Waals surface area contributed by atoms with Crippen molar-refractivity contribution >= 4 is 15.9 Å². The molecule has 0 fully saturated rings. The second kappa shape index (κ2) is 5.60. The molecule has 0 bridgehead atoms. The second-order valence-corrected chi connectivity index (χ2v) is 4.81. The lowest BCUT2D eigenvalue weighted by Gasteiger charge is -2.15. The molecule has 1 aromatic carbocycles. The lowest BCUT2D eigenvalue weighted by Crippen LogP contribution is -2.29. The van der Waals surface area contributed by atoms with E-state index in [0.717, 1.165) is 12.1 Å². The van der Waals surface area contributed by atoms with E-state index in [0.29, 0.717) is 10.0 Å². The van der Waals surface area contributed by atoms with Crippen LogP contribution in [0.25, 0.3) is 0 Å². The van der Waals surface area contributed by atoms with Gasteiger partial charge in [-0.3, -0.25) is 10.5 Å². The first-order valence-corrected chi connectivity index (χ1v) is 6.38. The minimum Gasteiger partial charge on any atom is -0.273 e. The number of hydrogen-bond acceptors (Lipinski definition) is 3. The molecule has 0 saturated heterocycles. The molecule has 1 unspecified atom stereocenters. The summed E-state index contributed by atoms with van der Waals surface area (Å²) in [6.45, 7) is 2.75. The highest BCUT2D eigenvalue weighted by molar-refractivity contribution is 9.10. The molecule has 18 heavy (non-hydrogen) atoms. The van der Waals surface area contributed by atoms with Gasteiger partial charge in [0.25, 0.3) is 0 Å². The van der Waals surface area contributed by atoms with Crippen LogP contribution in [0.1, 0.15) is 24.1 Å². The molecule has 0 aliphatic heterocycles. The number of rotatable bonds is 4. The Morgan fingerprint density at radius 1 is 1.56 bits per heavy atom. The minimum absolute atomic E-state index is 0.309. The van der Waals surface area contributed by atoms with Gasteiger partial charge in [0.05, 0.1) is 12.2 Å². The Bertz CT molecular complexity index is 541. The van der Waals surface area contributed by atoms with Crippen molar-refractivity contribution in [2.24, 2.45) is 5.84 Å². The monoisotopic (exact) mass is 312 g/mol. The first kappa shape index (κ1) is 13.2. The van der Waals surface area contributed by atoms with Crippen LogP contribution in [0.2, 0.25) is 0 Å². The molecule has 4 nitrogen and oxygen atoms in total. The van der Waals surface area contributed by atoms with Crippen LogP contribution in [0.15, 0.2) is 35.1 Å². The van der Waals surface area contributed by atoms with Gasteiger partial charge in [0.2, 0.25) is 0 Å². The average molecular weight is 313 g/mol. The molecule has 0 radical (unpaired) electrons. The fourth-order valence-corrected chi connectivity index (χ4v) is 2.14. The smallest absolute Gasteiger partial charge is 0.129 e. The van der Waals surface area contributed by atoms with E-state index < -0.39 is 6.04 Å². The maximum atomic E-state index is 13.9. The quantitative estimate of drug-likeness (QED) is 0.673. The van der Waals surface area contributed by atoms with Crippen molar-refractivity contribution in [1.82, 2.24) is 15.2 Å². The molecular weight excluding hydrogens is 299 g/mol. The number of aromatic nitrogens is 2. The van der Waals surface area contributed by atoms with Crippen LogP contribution in [0.3, 0.4) is 0 Å². The molecule has 0 spiro atoms. The van der Waals surface area contributed by atoms with Gasteiger partial charge in [-0.05, 0) is 19.1 Å². The number of aryl methyl sites for hydroxylation is 1. The Morgan fingerprint density at radius 2 is 2.33 bits per heavy atom. The van der Waals surface area contributed by atoms with Gasteiger partial charge >= 0.3 is 0 Å². The fraction of sp³-hybridized carbons (Fsp3) is 0.250. The van der Waals surface area contributed by atoms with Crippen molar-refractivity contribution in [2.75, 3.05) is 0 Å². The Morgan fingerprint density at radius 3 is 2.89 bits per heavy atom. The Kier molecular flexibility index (Phi) is 4.11. The van der Waals surface area contributed by atoms with Gasteiger partial charge in [-0.2, -0.15) is 5.10 Å². The zero-order valence-corrected chi connectivity index (χ0v) is 11.5. The lowest BCUT2D eigenvalue weighted by atomic mass is 10.0. The third kappa shape index (κ3) is 2.60. The first-order chi connectivity index (χ1) is 8.65. The second-order valence-electron chi connectivity index (χ2n) is 3.89. The van der Waals surface area contributed by atoms with Gasteiger partial charge in [0.1, 0.15) is 5.82 Å². The van der Waals surface area contributed by atoms with Gasteiger partial charge in [-0.15, -0.1) is 0 Å². The molecular formula is C12H14BrFN4. The molecule has 1 atom stereocenters. The summed E-state index contributed by atoms with van der Waals surface area (Å²) >= 11 is 3.23. The van der Waals surface area contributed by atoms with Crippen molar-refractivity contribution in [2.45, 2.75) is 19.5 Å². The van der Waals surface area contributed by atoms with Gasteiger partial charge in [-0.1, -0.05) is 22.0 Å². The van der Waals surface area contributed by atoms with Crippen LogP contribution in [0.5, 0.6) is 0 Å². The van der Waals surface area contributed by atoms with E-state index in [-0.39, 0.29) is 5.82 Å². The molecule has 1 heterocycles. The largest absolute Gasteiger partial charge is 0.273 e. The molecule has 3 N–H and O–H groups in total. The molecule has 1 aromatic heterocycles. The van der Waals surface area contributed by atoms with Gasteiger partial charge in [-0.25, -0.2) is 9.82 Å². The molecule has 2 aromatic rings. The number of nitrogens with zero attached hydrogens (tertiary/aromatic N) is 2. The van der Waals surface area contributed by atoms with Crippen LogP contribution in [0.4, 0.5) is 4.39 Å². The Balaban J connectivity index is 2.38. The highest BCUT2D eigenvalue weighted by Crippen LogP contribution is 2.25. The van der Waals surface area contributed by atoms with Crippen LogP contribution in [-0.4, -0.2) is 9.78 Å². The van der Waals surface area contributed by atoms with Gasteiger partial charge in [0, 0.05) is 28.3 Å². The number of nitrogens with one attached hydrogen (secondary N) is 1. The predicted octanol–water partition coefficient (Wildman–Crippen LogP) is 2.36. The van der Waals surface area contributed by atoms with E-state index >= 15 is 0 Å². The molecule has 0 amide bonds. The minimum atomic E-state index is -0.404. The van der Waals surface area contributed by atoms with Crippen LogP contribution >= 0.6 is 15.9 Å². The molecule has 2 rings (SSSR count). The van der Waals surface area contributed by atoms with Crippen molar-refractivity contribution in [3.05, 3.63) is 52.0 Å². The molecule has 0 saturated carbocycles. The summed E-state index contributed by atoms with van der Waals surface area (Å²) in [5, 5.41) is 4.17. The highest BCUT2D eigenvalue weighted by atomic mass is 79.9. The maximum absolute atomic E-state index is 13.9. The normalized spacial score (nSPS) is 12.7. The highest BCUT2D eigenvalue weighted by Gasteiger charge is 2.18. The molecule has 6 heteroatoms. The van der Waals surface area contributed by atoms with E-state index in [9.17, 15) is 4.39 Å². The van der Waals surface area contributed by atoms with E-state index in [4.69, 9.17) is 5.84 Å². The first-order valence-electron chi connectivity index (χ1n) is 5.59. The predicted molar refractivity (Wildman–Crippen MR) is 71.2 cm³/mol. The number of nitrogens with two attached hydrogens (primary N) is 1. The summed E-state index contributed by atoms with van der Waals surface area (Å²) in [6, 6.07) is 4.50. The van der Waals surface area contributed by atoms with Crippen molar-refractivity contribution in [3.63, 3.8) is 0 Å². The van der Waals surface area contributed by atoms with E-state index in [1.165, 1.54) is 6.07 Å². The summed E-state index contributed by atoms with van der Waals surface area (Å²) in [5.74, 6) is 5.22. The van der Waals surface area contributed by atoms with Gasteiger partial charge in [0.15, 0.2) is 0 Å².